The van der Waals surface area contributed by atoms with Gasteiger partial charge in [-0.3, -0.25) is 18.8 Å². The number of esters is 2. The number of para-hydroxylation sites is 2. The second kappa shape index (κ2) is 22.9. The number of carbonyl (C=O) groups is 2. The largest absolute Gasteiger partial charge is 0.469 e. The van der Waals surface area contributed by atoms with E-state index in [9.17, 15) is 22.8 Å². The van der Waals surface area contributed by atoms with E-state index in [0.717, 1.165) is 37.0 Å². The van der Waals surface area contributed by atoms with E-state index >= 15 is 0 Å². The molecule has 2 aromatic carbocycles. The van der Waals surface area contributed by atoms with E-state index < -0.39 is 15.0 Å². The Bertz CT molecular complexity index is 1570. The minimum atomic E-state index is -3.92. The first-order chi connectivity index (χ1) is 22.6. The third-order valence-corrected chi connectivity index (χ3v) is 9.05. The molecular weight excluding hydrogens is 701 g/mol. The van der Waals surface area contributed by atoms with Crippen molar-refractivity contribution in [1.82, 2.24) is 14.0 Å². The Morgan fingerprint density at radius 3 is 1.88 bits per heavy atom. The minimum Gasteiger partial charge on any atom is -0.469 e. The molecule has 4 rings (SSSR count). The maximum absolute atomic E-state index is 12.7. The number of fused-ring (bicyclic) bond motifs is 1. The molecule has 3 aromatic rings. The topological polar surface area (TPSA) is 117 Å². The molecular formula is C34H52Cl3N3O7S. The van der Waals surface area contributed by atoms with E-state index in [0.29, 0.717) is 6.04 Å². The van der Waals surface area contributed by atoms with Gasteiger partial charge in [-0.1, -0.05) is 57.9 Å². The molecule has 0 N–H and O–H groups in total. The molecule has 1 saturated heterocycles. The Balaban J connectivity index is 0.000000778. The predicted octanol–water partition coefficient (Wildman–Crippen LogP) is 7.97. The van der Waals surface area contributed by atoms with Crippen molar-refractivity contribution >= 4 is 65.9 Å². The van der Waals surface area contributed by atoms with Gasteiger partial charge in [-0.15, -0.1) is 23.2 Å². The van der Waals surface area contributed by atoms with Crippen molar-refractivity contribution in [3.8, 4) is 0 Å². The lowest BCUT2D eigenvalue weighted by Gasteiger charge is -2.43. The number of rotatable bonds is 7. The number of piperidine rings is 1. The summed E-state index contributed by atoms with van der Waals surface area (Å²) < 4.78 is 34.4. The van der Waals surface area contributed by atoms with Gasteiger partial charge in [0, 0.05) is 49.3 Å². The van der Waals surface area contributed by atoms with E-state index in [1.165, 1.54) is 64.7 Å². The molecule has 0 saturated carbocycles. The van der Waals surface area contributed by atoms with Crippen LogP contribution >= 0.6 is 33.9 Å². The fourth-order valence-corrected chi connectivity index (χ4v) is 6.19. The Morgan fingerprint density at radius 2 is 1.42 bits per heavy atom. The van der Waals surface area contributed by atoms with E-state index in [-0.39, 0.29) is 33.0 Å². The third kappa shape index (κ3) is 14.1. The molecule has 1 aliphatic rings. The van der Waals surface area contributed by atoms with Gasteiger partial charge in [0.25, 0.3) is 9.05 Å². The van der Waals surface area contributed by atoms with Crippen LogP contribution in [0, 0.1) is 0 Å². The molecule has 0 unspecified atom stereocenters. The highest BCUT2D eigenvalue weighted by Gasteiger charge is 2.32. The number of halogens is 3. The number of likely N-dealkylation sites (tertiary alicyclic amines) is 1. The van der Waals surface area contributed by atoms with Crippen LogP contribution in [0.15, 0.2) is 58.2 Å². The average molecular weight is 753 g/mol. The Hall–Kier alpha value is -2.57. The molecule has 1 aromatic heterocycles. The number of alkyl halides is 2. The molecule has 0 amide bonds. The van der Waals surface area contributed by atoms with Crippen LogP contribution < -0.4 is 5.69 Å². The number of benzene rings is 2. The SMILES string of the molecule is CC.CCCCC(C)(C)N1CCC(n2c(=O)n(C)c3ccccc32)CC1.COC(=O)c1ccccc1S(=O)(=O)Cl.COC(C)=O.ClCCl. The van der Waals surface area contributed by atoms with Crippen LogP contribution in [0.5, 0.6) is 0 Å². The van der Waals surface area contributed by atoms with E-state index in [4.69, 9.17) is 33.9 Å². The van der Waals surface area contributed by atoms with Crippen molar-refractivity contribution in [2.24, 2.45) is 7.05 Å². The van der Waals surface area contributed by atoms with Gasteiger partial charge in [0.1, 0.15) is 0 Å². The summed E-state index contributed by atoms with van der Waals surface area (Å²) in [5.41, 5.74) is 2.44. The van der Waals surface area contributed by atoms with E-state index in [2.05, 4.69) is 41.2 Å². The zero-order valence-corrected chi connectivity index (χ0v) is 32.7. The van der Waals surface area contributed by atoms with Crippen molar-refractivity contribution < 1.29 is 27.5 Å². The van der Waals surface area contributed by atoms with Crippen LogP contribution in [0.2, 0.25) is 0 Å². The number of hydrogen-bond acceptors (Lipinski definition) is 8. The summed E-state index contributed by atoms with van der Waals surface area (Å²) in [6.07, 6.45) is 5.91. The Labute approximate surface area is 300 Å². The smallest absolute Gasteiger partial charge is 0.339 e. The molecule has 10 nitrogen and oxygen atoms in total. The second-order valence-corrected chi connectivity index (χ2v) is 14.4. The molecule has 14 heteroatoms. The number of carbonyl (C=O) groups excluding carboxylic acids is 2. The van der Waals surface area contributed by atoms with E-state index in [1.54, 1.807) is 4.57 Å². The van der Waals surface area contributed by atoms with Gasteiger partial charge < -0.3 is 9.47 Å². The first-order valence-electron chi connectivity index (χ1n) is 15.8. The fraction of sp³-hybridized carbons (Fsp3) is 0.559. The summed E-state index contributed by atoms with van der Waals surface area (Å²) in [5, 5.41) is 0.194. The molecule has 48 heavy (non-hydrogen) atoms. The number of nitrogens with zero attached hydrogens (tertiary/aromatic N) is 3. The number of methoxy groups -OCH3 is 2. The number of unbranched alkanes of at least 4 members (excludes halogenated alkanes) is 1. The van der Waals surface area contributed by atoms with Crippen LogP contribution in [-0.2, 0) is 30.4 Å². The molecule has 0 atom stereocenters. The normalized spacial score (nSPS) is 13.2. The van der Waals surface area contributed by atoms with Gasteiger partial charge in [0.2, 0.25) is 0 Å². The minimum absolute atomic E-state index is 0.0648. The molecule has 0 radical (unpaired) electrons. The number of ether oxygens (including phenoxy) is 2. The van der Waals surface area contributed by atoms with Crippen LogP contribution in [0.1, 0.15) is 90.0 Å². The maximum atomic E-state index is 12.7. The van der Waals surface area contributed by atoms with Gasteiger partial charge in [0.05, 0.1) is 41.1 Å². The van der Waals surface area contributed by atoms with Gasteiger partial charge in [-0.05, 0) is 57.4 Å². The highest BCUT2D eigenvalue weighted by molar-refractivity contribution is 8.13. The monoisotopic (exact) mass is 751 g/mol. The first kappa shape index (κ1) is 45.4. The van der Waals surface area contributed by atoms with Crippen LogP contribution in [0.3, 0.4) is 0 Å². The van der Waals surface area contributed by atoms with Crippen LogP contribution in [0.25, 0.3) is 11.0 Å². The van der Waals surface area contributed by atoms with Crippen LogP contribution in [0.4, 0.5) is 0 Å². The van der Waals surface area contributed by atoms with Gasteiger partial charge in [-0.25, -0.2) is 18.0 Å². The van der Waals surface area contributed by atoms with Crippen molar-refractivity contribution in [1.29, 1.82) is 0 Å². The summed E-state index contributed by atoms with van der Waals surface area (Å²) in [5.74, 6) is -0.977. The number of aryl methyl sites for hydroxylation is 1. The number of hydrogen-bond donors (Lipinski definition) is 0. The number of imidazole rings is 1. The molecule has 1 fully saturated rings. The van der Waals surface area contributed by atoms with Crippen molar-refractivity contribution in [3.63, 3.8) is 0 Å². The molecule has 0 spiro atoms. The van der Waals surface area contributed by atoms with Crippen molar-refractivity contribution in [2.75, 3.05) is 32.6 Å². The van der Waals surface area contributed by atoms with Crippen LogP contribution in [-0.4, -0.2) is 72.6 Å². The fourth-order valence-electron chi connectivity index (χ4n) is 5.13. The molecule has 1 aliphatic heterocycles. The average Bonchev–Trinajstić information content (AvgIpc) is 3.34. The summed E-state index contributed by atoms with van der Waals surface area (Å²) in [6, 6.07) is 14.0. The standard InChI is InChI=1S/C20H31N3O.C8H7ClO4S.C3H6O2.C2H6.CH2Cl2/c1-5-6-13-20(2,3)22-14-11-16(12-15-22)23-18-10-8-7-9-17(18)21(4)19(23)24;1-13-8(10)6-4-2-3-5-7(6)14(9,11)12;1-3(4)5-2;1-2;2-1-3/h7-10,16H,5-6,11-15H2,1-4H3;2-5H,1H3;1-2H3;1-2H3;1H2. The summed E-state index contributed by atoms with van der Waals surface area (Å²) in [6.45, 7) is 14.5. The maximum Gasteiger partial charge on any atom is 0.339 e. The van der Waals surface area contributed by atoms with Gasteiger partial charge in [0.15, 0.2) is 0 Å². The highest BCUT2D eigenvalue weighted by atomic mass is 35.7. The number of aromatic nitrogens is 2. The van der Waals surface area contributed by atoms with Crippen molar-refractivity contribution in [3.05, 3.63) is 64.6 Å². The second-order valence-electron chi connectivity index (χ2n) is 11.1. The Kier molecular flexibility index (Phi) is 21.7. The summed E-state index contributed by atoms with van der Waals surface area (Å²) in [4.78, 5) is 35.8. The molecule has 0 aliphatic carbocycles. The lowest BCUT2D eigenvalue weighted by molar-refractivity contribution is -0.137. The lowest BCUT2D eigenvalue weighted by Crippen LogP contribution is -2.49. The third-order valence-electron chi connectivity index (χ3n) is 7.67. The molecule has 0 bridgehead atoms. The van der Waals surface area contributed by atoms with Gasteiger partial charge in [-0.2, -0.15) is 0 Å². The first-order valence-corrected chi connectivity index (χ1v) is 19.2. The molecule has 272 valence electrons. The molecule has 2 heterocycles. The van der Waals surface area contributed by atoms with Gasteiger partial charge >= 0.3 is 17.6 Å². The predicted molar refractivity (Wildman–Crippen MR) is 197 cm³/mol. The lowest BCUT2D eigenvalue weighted by atomic mass is 9.91. The van der Waals surface area contributed by atoms with Crippen molar-refractivity contribution in [2.45, 2.75) is 90.1 Å². The Morgan fingerprint density at radius 1 is 0.938 bits per heavy atom. The highest BCUT2D eigenvalue weighted by Crippen LogP contribution is 2.31. The zero-order chi connectivity index (χ0) is 37.1. The summed E-state index contributed by atoms with van der Waals surface area (Å²) in [7, 11) is 5.61. The summed E-state index contributed by atoms with van der Waals surface area (Å²) >= 11 is 9.53. The zero-order valence-electron chi connectivity index (χ0n) is 29.6. The quantitative estimate of drug-likeness (QED) is 0.136. The van der Waals surface area contributed by atoms with E-state index in [1.807, 2.05) is 43.7 Å².